The summed E-state index contributed by atoms with van der Waals surface area (Å²) in [7, 11) is 0. The Morgan fingerprint density at radius 1 is 1.06 bits per heavy atom. The van der Waals surface area contributed by atoms with E-state index in [0.717, 1.165) is 18.4 Å². The number of rotatable bonds is 5. The minimum absolute atomic E-state index is 0.524. The first kappa shape index (κ1) is 12.9. The third-order valence-corrected chi connectivity index (χ3v) is 4.64. The largest absolute Gasteiger partial charge is 0.377 e. The van der Waals surface area contributed by atoms with Crippen LogP contribution in [0.15, 0.2) is 0 Å². The second-order valence-electron chi connectivity index (χ2n) is 6.51. The third kappa shape index (κ3) is 3.94. The molecule has 0 spiro atoms. The topological polar surface area (TPSA) is 24.5 Å². The Bertz CT molecular complexity index is 249. The molecule has 3 aliphatic rings. The second-order valence-corrected chi connectivity index (χ2v) is 6.51. The molecule has 2 atom stereocenters. The number of hydrogen-bond donors (Lipinski definition) is 1. The van der Waals surface area contributed by atoms with E-state index in [0.29, 0.717) is 6.10 Å². The maximum Gasteiger partial charge on any atom is 0.0702 e. The number of likely N-dealkylation sites (tertiary alicyclic amines) is 1. The van der Waals surface area contributed by atoms with Crippen molar-refractivity contribution in [3.63, 3.8) is 0 Å². The van der Waals surface area contributed by atoms with Gasteiger partial charge in [-0.05, 0) is 70.0 Å². The molecular formula is C15H28N2O. The summed E-state index contributed by atoms with van der Waals surface area (Å²) < 4.78 is 6.07. The van der Waals surface area contributed by atoms with Crippen molar-refractivity contribution in [1.82, 2.24) is 10.2 Å². The van der Waals surface area contributed by atoms with Gasteiger partial charge in [0.2, 0.25) is 0 Å². The first-order valence-corrected chi connectivity index (χ1v) is 7.95. The van der Waals surface area contributed by atoms with Crippen molar-refractivity contribution in [2.24, 2.45) is 11.8 Å². The zero-order chi connectivity index (χ0) is 12.2. The van der Waals surface area contributed by atoms with Crippen LogP contribution in [0, 0.1) is 11.8 Å². The fourth-order valence-corrected chi connectivity index (χ4v) is 3.32. The van der Waals surface area contributed by atoms with Gasteiger partial charge in [0, 0.05) is 19.7 Å². The lowest BCUT2D eigenvalue weighted by molar-refractivity contribution is -0.00949. The Hall–Kier alpha value is -0.120. The van der Waals surface area contributed by atoms with Crippen molar-refractivity contribution in [3.8, 4) is 0 Å². The highest BCUT2D eigenvalue weighted by Crippen LogP contribution is 2.30. The summed E-state index contributed by atoms with van der Waals surface area (Å²) in [5.41, 5.74) is 0. The molecule has 2 saturated heterocycles. The van der Waals surface area contributed by atoms with Crippen molar-refractivity contribution < 1.29 is 4.74 Å². The summed E-state index contributed by atoms with van der Waals surface area (Å²) in [5, 5.41) is 3.53. The molecule has 2 aliphatic heterocycles. The average molecular weight is 252 g/mol. The standard InChI is InChI=1S/C15H28N2O/c1-3-14(9-16-7-1)10-17-8-2-4-15(11-17)18-12-13-5-6-13/h13-16H,1-12H2. The second kappa shape index (κ2) is 6.36. The maximum absolute atomic E-state index is 6.07. The van der Waals surface area contributed by atoms with E-state index in [1.54, 1.807) is 0 Å². The van der Waals surface area contributed by atoms with Gasteiger partial charge in [0.05, 0.1) is 6.10 Å². The van der Waals surface area contributed by atoms with Crippen LogP contribution < -0.4 is 5.32 Å². The monoisotopic (exact) mass is 252 g/mol. The molecule has 104 valence electrons. The van der Waals surface area contributed by atoms with E-state index in [1.807, 2.05) is 0 Å². The Kier molecular flexibility index (Phi) is 4.55. The molecule has 0 aromatic heterocycles. The molecule has 0 bridgehead atoms. The van der Waals surface area contributed by atoms with E-state index in [2.05, 4.69) is 10.2 Å². The van der Waals surface area contributed by atoms with Crippen LogP contribution in [0.4, 0.5) is 0 Å². The molecule has 2 unspecified atom stereocenters. The van der Waals surface area contributed by atoms with E-state index < -0.39 is 0 Å². The van der Waals surface area contributed by atoms with Gasteiger partial charge in [-0.2, -0.15) is 0 Å². The molecule has 3 nitrogen and oxygen atoms in total. The maximum atomic E-state index is 6.07. The number of nitrogens with zero attached hydrogens (tertiary/aromatic N) is 1. The van der Waals surface area contributed by atoms with Crippen LogP contribution in [0.5, 0.6) is 0 Å². The SMILES string of the molecule is C1CNCC(CN2CCCC(OCC3CC3)C2)C1. The Morgan fingerprint density at radius 3 is 2.78 bits per heavy atom. The van der Waals surface area contributed by atoms with Crippen LogP contribution in [-0.4, -0.2) is 50.3 Å². The lowest BCUT2D eigenvalue weighted by Gasteiger charge is -2.36. The zero-order valence-electron chi connectivity index (χ0n) is 11.6. The first-order valence-electron chi connectivity index (χ1n) is 7.95. The fourth-order valence-electron chi connectivity index (χ4n) is 3.32. The minimum Gasteiger partial charge on any atom is -0.377 e. The molecule has 0 aromatic rings. The normalized spacial score (nSPS) is 34.7. The quantitative estimate of drug-likeness (QED) is 0.808. The summed E-state index contributed by atoms with van der Waals surface area (Å²) in [6, 6.07) is 0. The Balaban J connectivity index is 1.38. The fraction of sp³-hybridized carbons (Fsp3) is 1.00. The van der Waals surface area contributed by atoms with Crippen molar-refractivity contribution in [2.75, 3.05) is 39.3 Å². The van der Waals surface area contributed by atoms with Crippen molar-refractivity contribution in [1.29, 1.82) is 0 Å². The highest BCUT2D eigenvalue weighted by molar-refractivity contribution is 4.79. The molecule has 0 radical (unpaired) electrons. The summed E-state index contributed by atoms with van der Waals surface area (Å²) in [6.07, 6.45) is 8.73. The highest BCUT2D eigenvalue weighted by atomic mass is 16.5. The number of ether oxygens (including phenoxy) is 1. The van der Waals surface area contributed by atoms with Gasteiger partial charge in [-0.15, -0.1) is 0 Å². The van der Waals surface area contributed by atoms with Gasteiger partial charge in [0.1, 0.15) is 0 Å². The van der Waals surface area contributed by atoms with Crippen LogP contribution in [0.2, 0.25) is 0 Å². The molecule has 3 fully saturated rings. The van der Waals surface area contributed by atoms with Gasteiger partial charge in [0.25, 0.3) is 0 Å². The molecule has 3 heteroatoms. The Morgan fingerprint density at radius 2 is 2.00 bits per heavy atom. The van der Waals surface area contributed by atoms with Gasteiger partial charge in [-0.1, -0.05) is 0 Å². The Labute approximate surface area is 111 Å². The van der Waals surface area contributed by atoms with E-state index in [9.17, 15) is 0 Å². The lowest BCUT2D eigenvalue weighted by Crippen LogP contribution is -2.45. The molecule has 2 heterocycles. The molecule has 1 aliphatic carbocycles. The van der Waals surface area contributed by atoms with Gasteiger partial charge >= 0.3 is 0 Å². The summed E-state index contributed by atoms with van der Waals surface area (Å²) in [4.78, 5) is 2.65. The number of piperidine rings is 2. The highest BCUT2D eigenvalue weighted by Gasteiger charge is 2.27. The van der Waals surface area contributed by atoms with Crippen LogP contribution in [0.25, 0.3) is 0 Å². The van der Waals surface area contributed by atoms with Crippen LogP contribution >= 0.6 is 0 Å². The molecule has 1 saturated carbocycles. The lowest BCUT2D eigenvalue weighted by atomic mass is 9.97. The van der Waals surface area contributed by atoms with Crippen molar-refractivity contribution in [2.45, 2.75) is 44.6 Å². The van der Waals surface area contributed by atoms with Crippen LogP contribution in [0.3, 0.4) is 0 Å². The van der Waals surface area contributed by atoms with Crippen LogP contribution in [0.1, 0.15) is 38.5 Å². The van der Waals surface area contributed by atoms with E-state index in [-0.39, 0.29) is 0 Å². The van der Waals surface area contributed by atoms with E-state index in [1.165, 1.54) is 71.2 Å². The molecule has 1 N–H and O–H groups in total. The van der Waals surface area contributed by atoms with Crippen molar-refractivity contribution >= 4 is 0 Å². The number of hydrogen-bond acceptors (Lipinski definition) is 3. The molecule has 3 rings (SSSR count). The van der Waals surface area contributed by atoms with Gasteiger partial charge in [0.15, 0.2) is 0 Å². The van der Waals surface area contributed by atoms with Gasteiger partial charge in [-0.25, -0.2) is 0 Å². The first-order chi connectivity index (χ1) is 8.90. The summed E-state index contributed by atoms with van der Waals surface area (Å²) in [6.45, 7) is 7.25. The summed E-state index contributed by atoms with van der Waals surface area (Å²) in [5.74, 6) is 1.78. The predicted molar refractivity (Wildman–Crippen MR) is 73.7 cm³/mol. The minimum atomic E-state index is 0.524. The van der Waals surface area contributed by atoms with Crippen LogP contribution in [-0.2, 0) is 4.74 Å². The van der Waals surface area contributed by atoms with E-state index >= 15 is 0 Å². The third-order valence-electron chi connectivity index (χ3n) is 4.64. The van der Waals surface area contributed by atoms with Gasteiger partial charge in [-0.3, -0.25) is 0 Å². The number of nitrogens with one attached hydrogen (secondary N) is 1. The molecule has 18 heavy (non-hydrogen) atoms. The molecular weight excluding hydrogens is 224 g/mol. The smallest absolute Gasteiger partial charge is 0.0702 e. The van der Waals surface area contributed by atoms with E-state index in [4.69, 9.17) is 4.74 Å². The summed E-state index contributed by atoms with van der Waals surface area (Å²) >= 11 is 0. The van der Waals surface area contributed by atoms with Gasteiger partial charge < -0.3 is 15.0 Å². The molecule has 0 aromatic carbocycles. The zero-order valence-corrected chi connectivity index (χ0v) is 11.6. The average Bonchev–Trinajstić information content (AvgIpc) is 3.22. The van der Waals surface area contributed by atoms with Crippen molar-refractivity contribution in [3.05, 3.63) is 0 Å². The predicted octanol–water partition coefficient (Wildman–Crippen LogP) is 1.88. The molecule has 0 amide bonds.